The van der Waals surface area contributed by atoms with Crippen LogP contribution < -0.4 is 5.32 Å². The number of rotatable bonds is 5. The Labute approximate surface area is 188 Å². The monoisotopic (exact) mass is 435 g/mol. The largest absolute Gasteiger partial charge is 0.462 e. The number of nitrogens with one attached hydrogen (secondary N) is 1. The molecule has 0 bridgehead atoms. The maximum atomic E-state index is 12.9. The highest BCUT2D eigenvalue weighted by Gasteiger charge is 2.24. The van der Waals surface area contributed by atoms with E-state index in [-0.39, 0.29) is 17.9 Å². The van der Waals surface area contributed by atoms with E-state index in [4.69, 9.17) is 4.74 Å². The lowest BCUT2D eigenvalue weighted by molar-refractivity contribution is 0.0529. The van der Waals surface area contributed by atoms with Crippen LogP contribution in [0, 0.1) is 13.8 Å². The van der Waals surface area contributed by atoms with Crippen LogP contribution in [0.15, 0.2) is 47.8 Å². The number of amides is 1. The molecule has 4 nitrogen and oxygen atoms in total. The van der Waals surface area contributed by atoms with E-state index < -0.39 is 5.97 Å². The Bertz CT molecular complexity index is 1100. The number of ether oxygens (including phenoxy) is 1. The van der Waals surface area contributed by atoms with Crippen LogP contribution in [-0.2, 0) is 10.2 Å². The lowest BCUT2D eigenvalue weighted by atomic mass is 9.87. The highest BCUT2D eigenvalue weighted by Crippen LogP contribution is 2.38. The van der Waals surface area contributed by atoms with Gasteiger partial charge in [0.25, 0.3) is 5.91 Å². The Morgan fingerprint density at radius 3 is 2.26 bits per heavy atom. The minimum absolute atomic E-state index is 0.0145. The minimum atomic E-state index is -0.433. The second-order valence-electron chi connectivity index (χ2n) is 8.67. The third-order valence-electron chi connectivity index (χ3n) is 5.18. The molecule has 0 aliphatic rings. The summed E-state index contributed by atoms with van der Waals surface area (Å²) in [5, 5.41) is 5.33. The third-order valence-corrected chi connectivity index (χ3v) is 6.08. The molecule has 0 radical (unpaired) electrons. The molecule has 5 heteroatoms. The molecular weight excluding hydrogens is 406 g/mol. The maximum absolute atomic E-state index is 12.9. The predicted molar refractivity (Wildman–Crippen MR) is 128 cm³/mol. The van der Waals surface area contributed by atoms with Gasteiger partial charge >= 0.3 is 5.97 Å². The summed E-state index contributed by atoms with van der Waals surface area (Å²) >= 11 is 1.34. The van der Waals surface area contributed by atoms with Gasteiger partial charge < -0.3 is 10.1 Å². The van der Waals surface area contributed by atoms with E-state index in [0.29, 0.717) is 16.1 Å². The fourth-order valence-electron chi connectivity index (χ4n) is 3.47. The molecule has 0 fully saturated rings. The first kappa shape index (κ1) is 22.8. The van der Waals surface area contributed by atoms with Crippen molar-refractivity contribution in [3.05, 3.63) is 75.7 Å². The van der Waals surface area contributed by atoms with Crippen molar-refractivity contribution in [2.45, 2.75) is 47.0 Å². The van der Waals surface area contributed by atoms with Gasteiger partial charge in [-0.05, 0) is 55.0 Å². The molecule has 0 spiro atoms. The topological polar surface area (TPSA) is 55.4 Å². The summed E-state index contributed by atoms with van der Waals surface area (Å²) in [5.74, 6) is -0.683. The van der Waals surface area contributed by atoms with Gasteiger partial charge in [0.2, 0.25) is 0 Å². The Hall–Kier alpha value is -2.92. The highest BCUT2D eigenvalue weighted by atomic mass is 32.1. The number of esters is 1. The Morgan fingerprint density at radius 1 is 1.00 bits per heavy atom. The molecule has 3 rings (SSSR count). The van der Waals surface area contributed by atoms with Crippen molar-refractivity contribution in [2.24, 2.45) is 0 Å². The van der Waals surface area contributed by atoms with Crippen molar-refractivity contribution in [3.63, 3.8) is 0 Å². The van der Waals surface area contributed by atoms with Crippen LogP contribution in [0.4, 0.5) is 5.00 Å². The predicted octanol–water partition coefficient (Wildman–Crippen LogP) is 6.76. The van der Waals surface area contributed by atoms with E-state index in [9.17, 15) is 9.59 Å². The molecule has 0 unspecified atom stereocenters. The van der Waals surface area contributed by atoms with Gasteiger partial charge in [-0.15, -0.1) is 11.3 Å². The summed E-state index contributed by atoms with van der Waals surface area (Å²) in [6.45, 7) is 12.5. The summed E-state index contributed by atoms with van der Waals surface area (Å²) in [6.07, 6.45) is 0. The lowest BCUT2D eigenvalue weighted by Gasteiger charge is -2.19. The van der Waals surface area contributed by atoms with Crippen molar-refractivity contribution in [1.82, 2.24) is 0 Å². The molecule has 162 valence electrons. The first-order chi connectivity index (χ1) is 14.6. The first-order valence-corrected chi connectivity index (χ1v) is 11.3. The Kier molecular flexibility index (Phi) is 6.65. The highest BCUT2D eigenvalue weighted by molar-refractivity contribution is 7.15. The Morgan fingerprint density at radius 2 is 1.68 bits per heavy atom. The van der Waals surface area contributed by atoms with Gasteiger partial charge in [0.05, 0.1) is 6.61 Å². The number of hydrogen-bond acceptors (Lipinski definition) is 4. The number of hydrogen-bond donors (Lipinski definition) is 1. The zero-order valence-electron chi connectivity index (χ0n) is 19.0. The Balaban J connectivity index is 1.96. The van der Waals surface area contributed by atoms with Crippen LogP contribution in [0.3, 0.4) is 0 Å². The molecule has 0 aliphatic carbocycles. The third kappa shape index (κ3) is 5.05. The second kappa shape index (κ2) is 9.06. The molecule has 3 aromatic rings. The van der Waals surface area contributed by atoms with Crippen molar-refractivity contribution >= 4 is 28.2 Å². The van der Waals surface area contributed by atoms with Gasteiger partial charge in [-0.2, -0.15) is 0 Å². The van der Waals surface area contributed by atoms with Crippen molar-refractivity contribution in [3.8, 4) is 11.1 Å². The average Bonchev–Trinajstić information content (AvgIpc) is 3.11. The zero-order valence-corrected chi connectivity index (χ0v) is 19.8. The maximum Gasteiger partial charge on any atom is 0.341 e. The van der Waals surface area contributed by atoms with E-state index in [1.807, 2.05) is 55.6 Å². The molecular formula is C26H29NO3S. The number of thiophene rings is 1. The molecule has 2 aromatic carbocycles. The number of aryl methyl sites for hydroxylation is 2. The molecule has 0 saturated heterocycles. The number of carbonyl (C=O) groups is 2. The SMILES string of the molecule is CCOC(=O)c1c(-c2ccc(C)cc2C)csc1NC(=O)c1ccc(C(C)(C)C)cc1. The van der Waals surface area contributed by atoms with Gasteiger partial charge in [-0.1, -0.05) is 56.7 Å². The van der Waals surface area contributed by atoms with Gasteiger partial charge in [0.15, 0.2) is 0 Å². The summed E-state index contributed by atoms with van der Waals surface area (Å²) in [4.78, 5) is 25.7. The number of carbonyl (C=O) groups excluding carboxylic acids is 2. The summed E-state index contributed by atoms with van der Waals surface area (Å²) in [7, 11) is 0. The van der Waals surface area contributed by atoms with Gasteiger partial charge in [0.1, 0.15) is 10.6 Å². The average molecular weight is 436 g/mol. The molecule has 1 N–H and O–H groups in total. The lowest BCUT2D eigenvalue weighted by Crippen LogP contribution is -2.16. The van der Waals surface area contributed by atoms with Gasteiger partial charge in [0, 0.05) is 16.5 Å². The van der Waals surface area contributed by atoms with E-state index in [0.717, 1.165) is 27.8 Å². The van der Waals surface area contributed by atoms with Crippen LogP contribution >= 0.6 is 11.3 Å². The standard InChI is InChI=1S/C26H29NO3S/c1-7-30-25(29)22-21(20-13-8-16(2)14-17(20)3)15-31-24(22)27-23(28)18-9-11-19(12-10-18)26(4,5)6/h8-15H,7H2,1-6H3,(H,27,28). The second-order valence-corrected chi connectivity index (χ2v) is 9.55. The molecule has 0 atom stereocenters. The van der Waals surface area contributed by atoms with E-state index in [1.54, 1.807) is 6.92 Å². The molecule has 1 aromatic heterocycles. The van der Waals surface area contributed by atoms with E-state index >= 15 is 0 Å². The smallest absolute Gasteiger partial charge is 0.341 e. The molecule has 0 aliphatic heterocycles. The quantitative estimate of drug-likeness (QED) is 0.451. The number of anilines is 1. The first-order valence-electron chi connectivity index (χ1n) is 10.4. The van der Waals surface area contributed by atoms with Gasteiger partial charge in [-0.25, -0.2) is 4.79 Å². The van der Waals surface area contributed by atoms with Crippen LogP contribution in [0.25, 0.3) is 11.1 Å². The zero-order chi connectivity index (χ0) is 22.8. The van der Waals surface area contributed by atoms with Crippen LogP contribution in [-0.4, -0.2) is 18.5 Å². The summed E-state index contributed by atoms with van der Waals surface area (Å²) in [6, 6.07) is 13.7. The fourth-order valence-corrected chi connectivity index (χ4v) is 4.41. The van der Waals surface area contributed by atoms with Gasteiger partial charge in [-0.3, -0.25) is 4.79 Å². The summed E-state index contributed by atoms with van der Waals surface area (Å²) < 4.78 is 5.31. The fraction of sp³-hybridized carbons (Fsp3) is 0.308. The normalized spacial score (nSPS) is 11.3. The van der Waals surface area contributed by atoms with Crippen molar-refractivity contribution < 1.29 is 14.3 Å². The number of benzene rings is 2. The van der Waals surface area contributed by atoms with Crippen LogP contribution in [0.1, 0.15) is 65.1 Å². The van der Waals surface area contributed by atoms with Crippen LogP contribution in [0.2, 0.25) is 0 Å². The van der Waals surface area contributed by atoms with Crippen LogP contribution in [0.5, 0.6) is 0 Å². The van der Waals surface area contributed by atoms with Crippen molar-refractivity contribution in [1.29, 1.82) is 0 Å². The molecule has 1 heterocycles. The van der Waals surface area contributed by atoms with E-state index in [1.165, 1.54) is 11.3 Å². The molecule has 31 heavy (non-hydrogen) atoms. The molecule has 0 saturated carbocycles. The molecule has 1 amide bonds. The minimum Gasteiger partial charge on any atom is -0.462 e. The summed E-state index contributed by atoms with van der Waals surface area (Å²) in [5.41, 5.74) is 6.08. The van der Waals surface area contributed by atoms with E-state index in [2.05, 4.69) is 32.2 Å². The van der Waals surface area contributed by atoms with Crippen molar-refractivity contribution in [2.75, 3.05) is 11.9 Å².